The number of nitrogens with zero attached hydrogens (tertiary/aromatic N) is 1. The van der Waals surface area contributed by atoms with Crippen molar-refractivity contribution in [1.82, 2.24) is 0 Å². The quantitative estimate of drug-likeness (QED) is 0.882. The second-order valence-corrected chi connectivity index (χ2v) is 4.86. The number of hydrogen-bond donors (Lipinski definition) is 1. The molecule has 94 valence electrons. The summed E-state index contributed by atoms with van der Waals surface area (Å²) in [5.74, 6) is 0. The normalized spacial score (nSPS) is 18.9. The van der Waals surface area contributed by atoms with Gasteiger partial charge in [-0.05, 0) is 31.0 Å². The van der Waals surface area contributed by atoms with Crippen LogP contribution in [-0.2, 0) is 4.74 Å². The minimum absolute atomic E-state index is 0.0222. The average Bonchev–Trinajstić information content (AvgIpc) is 2.57. The average molecular weight is 255 g/mol. The van der Waals surface area contributed by atoms with Crippen LogP contribution in [0.25, 0.3) is 0 Å². The van der Waals surface area contributed by atoms with E-state index in [-0.39, 0.29) is 6.04 Å². The Balaban J connectivity index is 2.19. The number of halogens is 1. The molecule has 1 atom stereocenters. The van der Waals surface area contributed by atoms with Crippen LogP contribution in [0.3, 0.4) is 0 Å². The summed E-state index contributed by atoms with van der Waals surface area (Å²) in [6.07, 6.45) is 1.05. The van der Waals surface area contributed by atoms with Crippen LogP contribution in [-0.4, -0.2) is 26.3 Å². The Morgan fingerprint density at radius 1 is 1.35 bits per heavy atom. The Bertz CT molecular complexity index is 374. The fourth-order valence-electron chi connectivity index (χ4n) is 2.05. The van der Waals surface area contributed by atoms with E-state index in [9.17, 15) is 0 Å². The fourth-order valence-corrected chi connectivity index (χ4v) is 2.36. The van der Waals surface area contributed by atoms with Gasteiger partial charge in [0.25, 0.3) is 0 Å². The van der Waals surface area contributed by atoms with Gasteiger partial charge in [-0.3, -0.25) is 0 Å². The van der Waals surface area contributed by atoms with Gasteiger partial charge in [-0.25, -0.2) is 0 Å². The maximum absolute atomic E-state index is 6.32. The maximum atomic E-state index is 6.32. The molecule has 1 aliphatic heterocycles. The van der Waals surface area contributed by atoms with Crippen LogP contribution in [0.5, 0.6) is 0 Å². The van der Waals surface area contributed by atoms with Gasteiger partial charge in [0, 0.05) is 25.7 Å². The third kappa shape index (κ3) is 3.12. The van der Waals surface area contributed by atoms with Gasteiger partial charge >= 0.3 is 0 Å². The van der Waals surface area contributed by atoms with Crippen LogP contribution in [0.2, 0.25) is 5.02 Å². The van der Waals surface area contributed by atoms with Gasteiger partial charge in [0.1, 0.15) is 0 Å². The number of hydrogen-bond acceptors (Lipinski definition) is 3. The molecule has 0 bridgehead atoms. The van der Waals surface area contributed by atoms with E-state index in [1.165, 1.54) is 0 Å². The van der Waals surface area contributed by atoms with Crippen molar-refractivity contribution in [3.63, 3.8) is 0 Å². The molecule has 4 heteroatoms. The molecule has 17 heavy (non-hydrogen) atoms. The zero-order chi connectivity index (χ0) is 12.3. The SMILES string of the molecule is CC(N)c1ccc(N2CCCOCC2)c(Cl)c1. The van der Waals surface area contributed by atoms with Crippen LogP contribution in [0, 0.1) is 0 Å². The predicted molar refractivity (Wildman–Crippen MR) is 71.7 cm³/mol. The van der Waals surface area contributed by atoms with Gasteiger partial charge in [-0.15, -0.1) is 0 Å². The minimum atomic E-state index is 0.0222. The second kappa shape index (κ2) is 5.71. The topological polar surface area (TPSA) is 38.5 Å². The van der Waals surface area contributed by atoms with Crippen molar-refractivity contribution >= 4 is 17.3 Å². The van der Waals surface area contributed by atoms with Crippen LogP contribution in [0.15, 0.2) is 18.2 Å². The number of anilines is 1. The van der Waals surface area contributed by atoms with E-state index in [1.807, 2.05) is 13.0 Å². The number of benzene rings is 1. The highest BCUT2D eigenvalue weighted by atomic mass is 35.5. The summed E-state index contributed by atoms with van der Waals surface area (Å²) in [5, 5.41) is 0.779. The number of ether oxygens (including phenoxy) is 1. The molecule has 1 unspecified atom stereocenters. The molecular weight excluding hydrogens is 236 g/mol. The molecule has 1 saturated heterocycles. The number of nitrogens with two attached hydrogens (primary N) is 1. The molecule has 1 fully saturated rings. The van der Waals surface area contributed by atoms with Crippen molar-refractivity contribution in [2.45, 2.75) is 19.4 Å². The van der Waals surface area contributed by atoms with Crippen molar-refractivity contribution in [2.24, 2.45) is 5.73 Å². The van der Waals surface area contributed by atoms with Gasteiger partial charge in [-0.1, -0.05) is 17.7 Å². The van der Waals surface area contributed by atoms with E-state index in [4.69, 9.17) is 22.1 Å². The van der Waals surface area contributed by atoms with Crippen LogP contribution in [0.1, 0.15) is 24.9 Å². The molecule has 1 heterocycles. The first-order chi connectivity index (χ1) is 8.18. The first-order valence-electron chi connectivity index (χ1n) is 6.06. The van der Waals surface area contributed by atoms with Gasteiger partial charge in [0.05, 0.1) is 17.3 Å². The van der Waals surface area contributed by atoms with Crippen LogP contribution < -0.4 is 10.6 Å². The Labute approximate surface area is 107 Å². The van der Waals surface area contributed by atoms with E-state index in [0.29, 0.717) is 0 Å². The first kappa shape index (κ1) is 12.7. The Hall–Kier alpha value is -0.770. The lowest BCUT2D eigenvalue weighted by Crippen LogP contribution is -2.26. The Morgan fingerprint density at radius 3 is 2.88 bits per heavy atom. The summed E-state index contributed by atoms with van der Waals surface area (Å²) >= 11 is 6.32. The first-order valence-corrected chi connectivity index (χ1v) is 6.44. The summed E-state index contributed by atoms with van der Waals surface area (Å²) < 4.78 is 5.44. The summed E-state index contributed by atoms with van der Waals surface area (Å²) in [4.78, 5) is 2.28. The molecule has 0 aliphatic carbocycles. The molecule has 0 saturated carbocycles. The molecule has 1 aliphatic rings. The summed E-state index contributed by atoms with van der Waals surface area (Å²) in [6, 6.07) is 6.10. The fraction of sp³-hybridized carbons (Fsp3) is 0.538. The lowest BCUT2D eigenvalue weighted by atomic mass is 10.1. The molecule has 1 aromatic carbocycles. The summed E-state index contributed by atoms with van der Waals surface area (Å²) in [6.45, 7) is 5.47. The third-order valence-electron chi connectivity index (χ3n) is 3.06. The monoisotopic (exact) mass is 254 g/mol. The van der Waals surface area contributed by atoms with Crippen LogP contribution >= 0.6 is 11.6 Å². The molecule has 2 rings (SSSR count). The molecule has 0 radical (unpaired) electrons. The second-order valence-electron chi connectivity index (χ2n) is 4.45. The minimum Gasteiger partial charge on any atom is -0.380 e. The lowest BCUT2D eigenvalue weighted by Gasteiger charge is -2.23. The largest absolute Gasteiger partial charge is 0.380 e. The van der Waals surface area contributed by atoms with E-state index in [1.54, 1.807) is 0 Å². The molecule has 0 spiro atoms. The highest BCUT2D eigenvalue weighted by Gasteiger charge is 2.13. The standard InChI is InChI=1S/C13H19ClN2O/c1-10(15)11-3-4-13(12(14)9-11)16-5-2-7-17-8-6-16/h3-4,9-10H,2,5-8,15H2,1H3. The van der Waals surface area contributed by atoms with Gasteiger partial charge in [-0.2, -0.15) is 0 Å². The van der Waals surface area contributed by atoms with Crippen LogP contribution in [0.4, 0.5) is 5.69 Å². The van der Waals surface area contributed by atoms with Crippen molar-refractivity contribution in [3.8, 4) is 0 Å². The molecule has 0 aromatic heterocycles. The maximum Gasteiger partial charge on any atom is 0.0642 e. The molecule has 2 N–H and O–H groups in total. The molecular formula is C13H19ClN2O. The van der Waals surface area contributed by atoms with Gasteiger partial charge in [0.15, 0.2) is 0 Å². The Morgan fingerprint density at radius 2 is 2.18 bits per heavy atom. The molecule has 3 nitrogen and oxygen atoms in total. The third-order valence-corrected chi connectivity index (χ3v) is 3.36. The summed E-state index contributed by atoms with van der Waals surface area (Å²) in [5.41, 5.74) is 8.00. The summed E-state index contributed by atoms with van der Waals surface area (Å²) in [7, 11) is 0. The highest BCUT2D eigenvalue weighted by molar-refractivity contribution is 6.33. The van der Waals surface area contributed by atoms with Crippen molar-refractivity contribution in [3.05, 3.63) is 28.8 Å². The molecule has 0 amide bonds. The molecule has 1 aromatic rings. The van der Waals surface area contributed by atoms with Gasteiger partial charge < -0.3 is 15.4 Å². The smallest absolute Gasteiger partial charge is 0.0642 e. The van der Waals surface area contributed by atoms with E-state index < -0.39 is 0 Å². The van der Waals surface area contributed by atoms with E-state index in [0.717, 1.165) is 49.0 Å². The number of rotatable bonds is 2. The van der Waals surface area contributed by atoms with Crippen molar-refractivity contribution < 1.29 is 4.74 Å². The zero-order valence-corrected chi connectivity index (χ0v) is 10.9. The van der Waals surface area contributed by atoms with Crippen molar-refractivity contribution in [2.75, 3.05) is 31.2 Å². The Kier molecular flexibility index (Phi) is 4.26. The zero-order valence-electron chi connectivity index (χ0n) is 10.2. The lowest BCUT2D eigenvalue weighted by molar-refractivity contribution is 0.152. The van der Waals surface area contributed by atoms with Crippen molar-refractivity contribution in [1.29, 1.82) is 0 Å². The van der Waals surface area contributed by atoms with Gasteiger partial charge in [0.2, 0.25) is 0 Å². The predicted octanol–water partition coefficient (Wildman–Crippen LogP) is 2.59. The highest BCUT2D eigenvalue weighted by Crippen LogP contribution is 2.29. The van der Waals surface area contributed by atoms with E-state index in [2.05, 4.69) is 17.0 Å². The van der Waals surface area contributed by atoms with E-state index >= 15 is 0 Å².